The summed E-state index contributed by atoms with van der Waals surface area (Å²) >= 11 is 0. The number of rotatable bonds is 5. The number of fused-ring (bicyclic) bond motifs is 1. The van der Waals surface area contributed by atoms with Crippen LogP contribution < -0.4 is 15.5 Å². The Bertz CT molecular complexity index is 913. The summed E-state index contributed by atoms with van der Waals surface area (Å²) in [5.74, 6) is 0.469. The summed E-state index contributed by atoms with van der Waals surface area (Å²) in [5.41, 5.74) is 1.26. The van der Waals surface area contributed by atoms with Crippen LogP contribution in [0.25, 0.3) is 11.0 Å². The number of carbonyl (C=O) groups excluding carboxylic acids is 1. The maximum atomic E-state index is 12.3. The molecule has 0 fully saturated rings. The van der Waals surface area contributed by atoms with Gasteiger partial charge in [-0.3, -0.25) is 9.59 Å². The van der Waals surface area contributed by atoms with Crippen LogP contribution in [0.15, 0.2) is 57.7 Å². The number of amides is 1. The predicted octanol–water partition coefficient (Wildman–Crippen LogP) is 3.63. The Morgan fingerprint density at radius 1 is 1.21 bits per heavy atom. The van der Waals surface area contributed by atoms with Crippen LogP contribution >= 0.6 is 0 Å². The highest BCUT2D eigenvalue weighted by atomic mass is 16.5. The summed E-state index contributed by atoms with van der Waals surface area (Å²) in [6, 6.07) is 13.0. The van der Waals surface area contributed by atoms with Crippen molar-refractivity contribution in [3.8, 4) is 5.75 Å². The minimum atomic E-state index is -0.261. The van der Waals surface area contributed by atoms with Crippen molar-refractivity contribution in [3.05, 3.63) is 70.6 Å². The summed E-state index contributed by atoms with van der Waals surface area (Å²) < 4.78 is 10.6. The zero-order valence-electron chi connectivity index (χ0n) is 13.2. The minimum absolute atomic E-state index is 0.204. The molecule has 0 aliphatic rings. The average Bonchev–Trinajstić information content (AvgIpc) is 2.61. The third-order valence-electron chi connectivity index (χ3n) is 3.45. The molecule has 0 aliphatic carbocycles. The summed E-state index contributed by atoms with van der Waals surface area (Å²) in [6.45, 7) is 2.67. The third kappa shape index (κ3) is 3.46. The molecular weight excluding hydrogens is 306 g/mol. The molecule has 0 bridgehead atoms. The molecule has 2 aromatic carbocycles. The van der Waals surface area contributed by atoms with Crippen molar-refractivity contribution in [2.24, 2.45) is 0 Å². The second-order valence-corrected chi connectivity index (χ2v) is 5.27. The van der Waals surface area contributed by atoms with E-state index in [1.807, 2.05) is 6.92 Å². The lowest BCUT2D eigenvalue weighted by Gasteiger charge is -2.08. The van der Waals surface area contributed by atoms with Gasteiger partial charge in [0.2, 0.25) is 0 Å². The number of hydrogen-bond donors (Lipinski definition) is 1. The highest BCUT2D eigenvalue weighted by molar-refractivity contribution is 6.05. The van der Waals surface area contributed by atoms with Gasteiger partial charge in [0, 0.05) is 17.3 Å². The summed E-state index contributed by atoms with van der Waals surface area (Å²) in [6.07, 6.45) is 3.35. The maximum absolute atomic E-state index is 12.3. The molecule has 0 atom stereocenters. The largest absolute Gasteiger partial charge is 0.494 e. The minimum Gasteiger partial charge on any atom is -0.494 e. The van der Waals surface area contributed by atoms with Gasteiger partial charge in [0.25, 0.3) is 5.91 Å². The molecule has 1 radical (unpaired) electrons. The molecule has 0 unspecified atom stereocenters. The van der Waals surface area contributed by atoms with Crippen LogP contribution in [0.4, 0.5) is 5.69 Å². The van der Waals surface area contributed by atoms with Gasteiger partial charge in [-0.15, -0.1) is 0 Å². The smallest absolute Gasteiger partial charge is 0.255 e. The van der Waals surface area contributed by atoms with E-state index >= 15 is 0 Å². The van der Waals surface area contributed by atoms with Crippen molar-refractivity contribution < 1.29 is 13.9 Å². The maximum Gasteiger partial charge on any atom is 0.255 e. The number of carbonyl (C=O) groups is 1. The van der Waals surface area contributed by atoms with Crippen LogP contribution in [-0.2, 0) is 0 Å². The average molecular weight is 322 g/mol. The van der Waals surface area contributed by atoms with E-state index in [4.69, 9.17) is 9.15 Å². The molecular formula is C19H16NO4. The molecule has 3 rings (SSSR count). The number of anilines is 1. The number of nitrogens with one attached hydrogen (secondary N) is 1. The Labute approximate surface area is 138 Å². The van der Waals surface area contributed by atoms with Crippen LogP contribution in [0.5, 0.6) is 5.75 Å². The normalized spacial score (nSPS) is 10.5. The monoisotopic (exact) mass is 322 g/mol. The van der Waals surface area contributed by atoms with Crippen LogP contribution in [0.2, 0.25) is 0 Å². The molecule has 0 saturated carbocycles. The summed E-state index contributed by atoms with van der Waals surface area (Å²) in [4.78, 5) is 24.1. The lowest BCUT2D eigenvalue weighted by Crippen LogP contribution is -2.12. The van der Waals surface area contributed by atoms with Crippen molar-refractivity contribution >= 4 is 22.6 Å². The van der Waals surface area contributed by atoms with E-state index in [-0.39, 0.29) is 11.3 Å². The highest BCUT2D eigenvalue weighted by Crippen LogP contribution is 2.18. The van der Waals surface area contributed by atoms with E-state index in [0.29, 0.717) is 28.8 Å². The van der Waals surface area contributed by atoms with Gasteiger partial charge in [-0.05, 0) is 48.9 Å². The highest BCUT2D eigenvalue weighted by Gasteiger charge is 2.08. The van der Waals surface area contributed by atoms with Gasteiger partial charge in [0.05, 0.1) is 12.0 Å². The molecule has 0 spiro atoms. The molecule has 1 amide bonds. The van der Waals surface area contributed by atoms with Gasteiger partial charge in [0.15, 0.2) is 11.7 Å². The first kappa shape index (κ1) is 15.8. The van der Waals surface area contributed by atoms with Gasteiger partial charge in [-0.2, -0.15) is 0 Å². The van der Waals surface area contributed by atoms with Crippen molar-refractivity contribution in [1.82, 2.24) is 0 Å². The molecule has 24 heavy (non-hydrogen) atoms. The van der Waals surface area contributed by atoms with Crippen molar-refractivity contribution in [3.63, 3.8) is 0 Å². The second kappa shape index (κ2) is 7.00. The molecule has 1 N–H and O–H groups in total. The number of hydrogen-bond acceptors (Lipinski definition) is 4. The molecule has 1 aromatic heterocycles. The fraction of sp³-hybridized carbons (Fsp3) is 0.158. The zero-order chi connectivity index (χ0) is 16.9. The first-order valence-electron chi connectivity index (χ1n) is 7.65. The van der Waals surface area contributed by atoms with Gasteiger partial charge in [-0.1, -0.05) is 6.92 Å². The topological polar surface area (TPSA) is 68.5 Å². The Balaban J connectivity index is 1.77. The van der Waals surface area contributed by atoms with E-state index in [2.05, 4.69) is 11.6 Å². The SMILES string of the molecule is CCCOc1ccc(C(=O)Nc2ccc3o[c]cc(=O)c3c2)cc1. The molecule has 0 saturated heterocycles. The molecule has 5 heteroatoms. The van der Waals surface area contributed by atoms with Crippen LogP contribution in [-0.4, -0.2) is 12.5 Å². The van der Waals surface area contributed by atoms with E-state index < -0.39 is 0 Å². The third-order valence-corrected chi connectivity index (χ3v) is 3.45. The quantitative estimate of drug-likeness (QED) is 0.779. The van der Waals surface area contributed by atoms with Crippen molar-refractivity contribution in [2.45, 2.75) is 13.3 Å². The number of benzene rings is 2. The Morgan fingerprint density at radius 3 is 2.75 bits per heavy atom. The Hall–Kier alpha value is -3.08. The zero-order valence-corrected chi connectivity index (χ0v) is 13.2. The summed E-state index contributed by atoms with van der Waals surface area (Å²) in [5, 5.41) is 3.17. The summed E-state index contributed by atoms with van der Waals surface area (Å²) in [7, 11) is 0. The molecule has 121 valence electrons. The number of ether oxygens (including phenoxy) is 1. The first-order chi connectivity index (χ1) is 11.7. The van der Waals surface area contributed by atoms with Crippen molar-refractivity contribution in [2.75, 3.05) is 11.9 Å². The second-order valence-electron chi connectivity index (χ2n) is 5.27. The predicted molar refractivity (Wildman–Crippen MR) is 91.5 cm³/mol. The Kier molecular flexibility index (Phi) is 4.61. The fourth-order valence-corrected chi connectivity index (χ4v) is 2.24. The molecule has 3 aromatic rings. The molecule has 5 nitrogen and oxygen atoms in total. The van der Waals surface area contributed by atoms with Crippen LogP contribution in [0.1, 0.15) is 23.7 Å². The van der Waals surface area contributed by atoms with Gasteiger partial charge in [0.1, 0.15) is 11.3 Å². The first-order valence-corrected chi connectivity index (χ1v) is 7.65. The van der Waals surface area contributed by atoms with Crippen LogP contribution in [0, 0.1) is 6.26 Å². The van der Waals surface area contributed by atoms with Gasteiger partial charge >= 0.3 is 0 Å². The fourth-order valence-electron chi connectivity index (χ4n) is 2.24. The molecule has 1 heterocycles. The van der Waals surface area contributed by atoms with E-state index in [1.54, 1.807) is 42.5 Å². The van der Waals surface area contributed by atoms with E-state index in [1.165, 1.54) is 6.07 Å². The lowest BCUT2D eigenvalue weighted by molar-refractivity contribution is 0.102. The standard InChI is InChI=1S/C19H16NO4/c1-2-10-23-15-6-3-13(4-7-15)19(22)20-14-5-8-18-16(12-14)17(21)9-11-24-18/h3-9,12H,2,10H2,1H3,(H,20,22). The molecule has 0 aliphatic heterocycles. The van der Waals surface area contributed by atoms with Gasteiger partial charge in [-0.25, -0.2) is 0 Å². The van der Waals surface area contributed by atoms with E-state index in [9.17, 15) is 9.59 Å². The van der Waals surface area contributed by atoms with Gasteiger partial charge < -0.3 is 14.5 Å². The Morgan fingerprint density at radius 2 is 2.00 bits per heavy atom. The van der Waals surface area contributed by atoms with Crippen molar-refractivity contribution in [1.29, 1.82) is 0 Å². The lowest BCUT2D eigenvalue weighted by atomic mass is 10.1. The van der Waals surface area contributed by atoms with Crippen LogP contribution in [0.3, 0.4) is 0 Å². The van der Waals surface area contributed by atoms with E-state index in [0.717, 1.165) is 12.2 Å².